The maximum atomic E-state index is 4.91. The van der Waals surface area contributed by atoms with Crippen molar-refractivity contribution in [3.05, 3.63) is 187 Å². The highest BCUT2D eigenvalue weighted by molar-refractivity contribution is 6.21. The van der Waals surface area contributed by atoms with Crippen molar-refractivity contribution in [2.45, 2.75) is 0 Å². The molecule has 7 aromatic carbocycles. The Bertz CT molecular complexity index is 2900. The van der Waals surface area contributed by atoms with Crippen LogP contribution in [0.1, 0.15) is 5.56 Å². The van der Waals surface area contributed by atoms with Crippen LogP contribution in [0.3, 0.4) is 0 Å². The quantitative estimate of drug-likeness (QED) is 0.176. The zero-order valence-electron chi connectivity index (χ0n) is 27.5. The van der Waals surface area contributed by atoms with Crippen molar-refractivity contribution in [3.63, 3.8) is 0 Å². The van der Waals surface area contributed by atoms with Crippen molar-refractivity contribution in [1.29, 1.82) is 0 Å². The largest absolute Gasteiger partial charge is 0.256 e. The molecule has 2 aromatic heterocycles. The molecule has 2 heterocycles. The second-order valence-electron chi connectivity index (χ2n) is 12.8. The lowest BCUT2D eigenvalue weighted by molar-refractivity contribution is 1.31. The molecule has 0 unspecified atom stereocenters. The summed E-state index contributed by atoms with van der Waals surface area (Å²) < 4.78 is 0. The molecular formula is C48H32N2. The average Bonchev–Trinajstić information content (AvgIpc) is 3.17. The van der Waals surface area contributed by atoms with Gasteiger partial charge in [0.05, 0.1) is 11.2 Å². The van der Waals surface area contributed by atoms with E-state index in [1.165, 1.54) is 38.1 Å². The van der Waals surface area contributed by atoms with Gasteiger partial charge >= 0.3 is 0 Å². The molecule has 0 bridgehead atoms. The highest BCUT2D eigenvalue weighted by Gasteiger charge is 2.18. The lowest BCUT2D eigenvalue weighted by Gasteiger charge is -2.19. The molecule has 0 atom stereocenters. The Morgan fingerprint density at radius 2 is 1.14 bits per heavy atom. The molecule has 2 heteroatoms. The summed E-state index contributed by atoms with van der Waals surface area (Å²) >= 11 is 0. The number of benzene rings is 7. The molecule has 2 nitrogen and oxygen atoms in total. The van der Waals surface area contributed by atoms with Crippen molar-refractivity contribution < 1.29 is 0 Å². The number of fused-ring (bicyclic) bond motifs is 4. The van der Waals surface area contributed by atoms with E-state index in [1.807, 2.05) is 42.7 Å². The topological polar surface area (TPSA) is 25.8 Å². The van der Waals surface area contributed by atoms with Crippen LogP contribution in [0.5, 0.6) is 0 Å². The van der Waals surface area contributed by atoms with Crippen molar-refractivity contribution in [3.8, 4) is 33.5 Å². The minimum absolute atomic E-state index is 0.896. The van der Waals surface area contributed by atoms with Gasteiger partial charge in [0.2, 0.25) is 0 Å². The number of hydrogen-bond acceptors (Lipinski definition) is 2. The van der Waals surface area contributed by atoms with Crippen molar-refractivity contribution in [2.24, 2.45) is 0 Å². The number of pyridine rings is 2. The third-order valence-electron chi connectivity index (χ3n) is 9.75. The summed E-state index contributed by atoms with van der Waals surface area (Å²) in [4.78, 5) is 9.56. The van der Waals surface area contributed by atoms with Crippen LogP contribution in [0.25, 0.3) is 95.0 Å². The summed E-state index contributed by atoms with van der Waals surface area (Å²) in [7, 11) is 0. The van der Waals surface area contributed by atoms with Crippen LogP contribution in [0.4, 0.5) is 0 Å². The number of para-hydroxylation sites is 1. The lowest BCUT2D eigenvalue weighted by atomic mass is 9.84. The Labute approximate surface area is 290 Å². The Kier molecular flexibility index (Phi) is 7.14. The number of nitrogens with zero attached hydrogens (tertiary/aromatic N) is 2. The smallest absolute Gasteiger partial charge is 0.0718 e. The van der Waals surface area contributed by atoms with Gasteiger partial charge in [-0.05, 0) is 107 Å². The van der Waals surface area contributed by atoms with E-state index in [4.69, 9.17) is 4.98 Å². The van der Waals surface area contributed by atoms with Crippen molar-refractivity contribution in [2.75, 3.05) is 0 Å². The van der Waals surface area contributed by atoms with Gasteiger partial charge in [-0.2, -0.15) is 0 Å². The van der Waals surface area contributed by atoms with Gasteiger partial charge in [0.15, 0.2) is 0 Å². The molecule has 0 saturated carbocycles. The van der Waals surface area contributed by atoms with Gasteiger partial charge in [0.25, 0.3) is 0 Å². The zero-order valence-corrected chi connectivity index (χ0v) is 27.5. The molecule has 0 radical (unpaired) electrons. The molecule has 0 aliphatic heterocycles. The van der Waals surface area contributed by atoms with E-state index < -0.39 is 0 Å². The van der Waals surface area contributed by atoms with Crippen molar-refractivity contribution in [1.82, 2.24) is 9.97 Å². The normalized spacial score (nSPS) is 11.9. The van der Waals surface area contributed by atoms with Gasteiger partial charge in [-0.1, -0.05) is 134 Å². The first-order valence-corrected chi connectivity index (χ1v) is 16.8. The van der Waals surface area contributed by atoms with Crippen LogP contribution in [-0.2, 0) is 0 Å². The van der Waals surface area contributed by atoms with Gasteiger partial charge < -0.3 is 0 Å². The molecule has 9 aromatic rings. The van der Waals surface area contributed by atoms with Gasteiger partial charge in [-0.3, -0.25) is 9.97 Å². The number of aromatic nitrogens is 2. The molecule has 0 aliphatic rings. The summed E-state index contributed by atoms with van der Waals surface area (Å²) in [6, 6.07) is 53.6. The molecule has 0 N–H and O–H groups in total. The fraction of sp³-hybridized carbons (Fsp3) is 0. The SMILES string of the molecule is C=C(/C=c1/ccccc1=C)c1c2ccccc2c(-c2ccc3ccccc3c2)c2ccc(-c3ccc(-c4cnc5ccccc5c4)nc3)cc12. The number of allylic oxidation sites excluding steroid dienone is 1. The zero-order chi connectivity index (χ0) is 33.6. The summed E-state index contributed by atoms with van der Waals surface area (Å²) in [5, 5.41) is 10.3. The predicted octanol–water partition coefficient (Wildman–Crippen LogP) is 11.0. The Morgan fingerprint density at radius 3 is 1.98 bits per heavy atom. The third-order valence-corrected chi connectivity index (χ3v) is 9.75. The maximum Gasteiger partial charge on any atom is 0.0718 e. The Balaban J connectivity index is 1.26. The maximum absolute atomic E-state index is 4.91. The second kappa shape index (κ2) is 12.1. The van der Waals surface area contributed by atoms with E-state index in [2.05, 4.69) is 146 Å². The van der Waals surface area contributed by atoms with Crippen LogP contribution in [0.2, 0.25) is 0 Å². The van der Waals surface area contributed by atoms with Crippen molar-refractivity contribution >= 4 is 61.4 Å². The number of hydrogen-bond donors (Lipinski definition) is 0. The Morgan fingerprint density at radius 1 is 0.480 bits per heavy atom. The molecule has 0 saturated heterocycles. The summed E-state index contributed by atoms with van der Waals surface area (Å²) in [5.74, 6) is 0. The highest BCUT2D eigenvalue weighted by atomic mass is 14.7. The standard InChI is InChI=1S/C48H32N2/c1-31-11-3-4-13-34(31)25-32(2)47-41-16-8-9-17-42(41)48(38-20-19-33-12-5-6-14-35(33)26-38)43-23-21-36(28-44(43)47)39-22-24-46(49-29-39)40-27-37-15-7-10-18-45(37)50-30-40/h3-30H,1-2H2/b34-25-. The van der Waals surface area contributed by atoms with Crippen LogP contribution >= 0.6 is 0 Å². The fourth-order valence-electron chi connectivity index (χ4n) is 7.24. The fourth-order valence-corrected chi connectivity index (χ4v) is 7.24. The van der Waals surface area contributed by atoms with E-state index in [9.17, 15) is 0 Å². The monoisotopic (exact) mass is 636 g/mol. The molecule has 50 heavy (non-hydrogen) atoms. The first-order valence-electron chi connectivity index (χ1n) is 16.8. The molecular weight excluding hydrogens is 605 g/mol. The van der Waals surface area contributed by atoms with Crippen LogP contribution in [0.15, 0.2) is 171 Å². The second-order valence-corrected chi connectivity index (χ2v) is 12.8. The number of rotatable bonds is 5. The van der Waals surface area contributed by atoms with Crippen LogP contribution < -0.4 is 10.4 Å². The predicted molar refractivity (Wildman–Crippen MR) is 213 cm³/mol. The molecule has 0 amide bonds. The van der Waals surface area contributed by atoms with E-state index >= 15 is 0 Å². The first kappa shape index (κ1) is 29.5. The van der Waals surface area contributed by atoms with Crippen LogP contribution in [-0.4, -0.2) is 9.97 Å². The van der Waals surface area contributed by atoms with Crippen LogP contribution in [0, 0.1) is 0 Å². The first-order chi connectivity index (χ1) is 24.6. The molecule has 9 rings (SSSR count). The summed E-state index contributed by atoms with van der Waals surface area (Å²) in [6.45, 7) is 8.96. The third kappa shape index (κ3) is 5.15. The highest BCUT2D eigenvalue weighted by Crippen LogP contribution is 2.43. The summed E-state index contributed by atoms with van der Waals surface area (Å²) in [5.41, 5.74) is 9.50. The lowest BCUT2D eigenvalue weighted by Crippen LogP contribution is -2.21. The Hall–Kier alpha value is -6.64. The van der Waals surface area contributed by atoms with Gasteiger partial charge in [-0.15, -0.1) is 0 Å². The molecule has 234 valence electrons. The average molecular weight is 637 g/mol. The molecule has 0 spiro atoms. The van der Waals surface area contributed by atoms with E-state index in [0.717, 1.165) is 60.2 Å². The van der Waals surface area contributed by atoms with Gasteiger partial charge in [0, 0.05) is 28.9 Å². The van der Waals surface area contributed by atoms with Gasteiger partial charge in [-0.25, -0.2) is 0 Å². The summed E-state index contributed by atoms with van der Waals surface area (Å²) in [6.07, 6.45) is 6.04. The molecule has 0 aliphatic carbocycles. The van der Waals surface area contributed by atoms with E-state index in [0.29, 0.717) is 0 Å². The van der Waals surface area contributed by atoms with E-state index in [-0.39, 0.29) is 0 Å². The van der Waals surface area contributed by atoms with Gasteiger partial charge in [0.1, 0.15) is 0 Å². The minimum atomic E-state index is 0.896. The minimum Gasteiger partial charge on any atom is -0.256 e. The van der Waals surface area contributed by atoms with E-state index in [1.54, 1.807) is 0 Å². The molecule has 0 fully saturated rings.